The summed E-state index contributed by atoms with van der Waals surface area (Å²) in [5.41, 5.74) is 2.32. The van der Waals surface area contributed by atoms with Gasteiger partial charge in [-0.05, 0) is 30.4 Å². The van der Waals surface area contributed by atoms with Crippen molar-refractivity contribution < 1.29 is 9.90 Å². The second kappa shape index (κ2) is 5.67. The zero-order valence-electron chi connectivity index (χ0n) is 10.9. The molecule has 0 fully saturated rings. The molecule has 0 heterocycles. The Labute approximate surface area is 112 Å². The van der Waals surface area contributed by atoms with Gasteiger partial charge in [-0.1, -0.05) is 36.9 Å². The summed E-state index contributed by atoms with van der Waals surface area (Å²) in [6.07, 6.45) is 0.606. The smallest absolute Gasteiger partial charge is 0.250 e. The van der Waals surface area contributed by atoms with Crippen LogP contribution < -0.4 is 5.32 Å². The van der Waals surface area contributed by atoms with Crippen molar-refractivity contribution >= 4 is 22.4 Å². The molecule has 2 aromatic carbocycles. The number of carbonyl (C=O) groups excluding carboxylic acids is 1. The Morgan fingerprint density at radius 2 is 1.89 bits per heavy atom. The van der Waals surface area contributed by atoms with E-state index in [4.69, 9.17) is 5.11 Å². The van der Waals surface area contributed by atoms with Crippen molar-refractivity contribution in [2.24, 2.45) is 0 Å². The number of aliphatic hydroxyl groups excluding tert-OH is 1. The third-order valence-corrected chi connectivity index (χ3v) is 3.03. The molecule has 0 spiro atoms. The van der Waals surface area contributed by atoms with E-state index >= 15 is 0 Å². The summed E-state index contributed by atoms with van der Waals surface area (Å²) in [6.45, 7) is 5.42. The largest absolute Gasteiger partial charge is 0.396 e. The number of anilines is 1. The van der Waals surface area contributed by atoms with Gasteiger partial charge in [-0.15, -0.1) is 0 Å². The van der Waals surface area contributed by atoms with Crippen LogP contribution in [0.4, 0.5) is 5.69 Å². The third kappa shape index (κ3) is 2.83. The highest BCUT2D eigenvalue weighted by Gasteiger charge is 2.07. The maximum Gasteiger partial charge on any atom is 0.250 e. The quantitative estimate of drug-likeness (QED) is 0.825. The molecule has 0 aliphatic heterocycles. The molecule has 0 aromatic heterocycles. The Bertz CT molecular complexity index is 632. The van der Waals surface area contributed by atoms with E-state index < -0.39 is 0 Å². The fourth-order valence-electron chi connectivity index (χ4n) is 2.05. The van der Waals surface area contributed by atoms with Crippen molar-refractivity contribution in [1.82, 2.24) is 0 Å². The van der Waals surface area contributed by atoms with E-state index in [1.54, 1.807) is 6.92 Å². The van der Waals surface area contributed by atoms with Crippen LogP contribution >= 0.6 is 0 Å². The lowest BCUT2D eigenvalue weighted by molar-refractivity contribution is -0.112. The van der Waals surface area contributed by atoms with Gasteiger partial charge in [0.1, 0.15) is 0 Å². The fourth-order valence-corrected chi connectivity index (χ4v) is 2.05. The van der Waals surface area contributed by atoms with Crippen molar-refractivity contribution in [2.45, 2.75) is 13.3 Å². The van der Waals surface area contributed by atoms with E-state index in [0.717, 1.165) is 22.0 Å². The van der Waals surface area contributed by atoms with Crippen molar-refractivity contribution in [2.75, 3.05) is 11.9 Å². The molecule has 1 amide bonds. The Morgan fingerprint density at radius 1 is 1.21 bits per heavy atom. The van der Waals surface area contributed by atoms with Gasteiger partial charge in [0, 0.05) is 23.3 Å². The van der Waals surface area contributed by atoms with Gasteiger partial charge in [0.25, 0.3) is 5.91 Å². The standard InChI is InChI=1S/C16H17NO2/c1-11(2)16(19)17-15-8-4-6-13-12(9-10-18)5-3-7-14(13)15/h3-8,18H,1,9-10H2,2H3,(H,17,19). The van der Waals surface area contributed by atoms with Gasteiger partial charge in [-0.2, -0.15) is 0 Å². The van der Waals surface area contributed by atoms with E-state index in [-0.39, 0.29) is 12.5 Å². The molecule has 0 radical (unpaired) electrons. The zero-order valence-corrected chi connectivity index (χ0v) is 10.9. The van der Waals surface area contributed by atoms with Crippen LogP contribution in [0.2, 0.25) is 0 Å². The molecule has 0 unspecified atom stereocenters. The van der Waals surface area contributed by atoms with Crippen molar-refractivity contribution in [3.05, 3.63) is 54.1 Å². The Morgan fingerprint density at radius 3 is 2.58 bits per heavy atom. The van der Waals surface area contributed by atoms with Crippen LogP contribution in [0.5, 0.6) is 0 Å². The minimum Gasteiger partial charge on any atom is -0.396 e. The molecule has 0 saturated heterocycles. The van der Waals surface area contributed by atoms with Gasteiger partial charge in [-0.25, -0.2) is 0 Å². The van der Waals surface area contributed by atoms with Crippen LogP contribution in [-0.2, 0) is 11.2 Å². The van der Waals surface area contributed by atoms with E-state index in [1.165, 1.54) is 0 Å². The number of fused-ring (bicyclic) bond motifs is 1. The molecule has 0 aliphatic rings. The van der Waals surface area contributed by atoms with Crippen molar-refractivity contribution in [1.29, 1.82) is 0 Å². The molecule has 19 heavy (non-hydrogen) atoms. The minimum atomic E-state index is -0.180. The summed E-state index contributed by atoms with van der Waals surface area (Å²) in [4.78, 5) is 11.7. The zero-order chi connectivity index (χ0) is 13.8. The molecule has 2 rings (SSSR count). The molecule has 0 atom stereocenters. The predicted molar refractivity (Wildman–Crippen MR) is 78.2 cm³/mol. The van der Waals surface area contributed by atoms with Crippen LogP contribution in [0.1, 0.15) is 12.5 Å². The van der Waals surface area contributed by atoms with E-state index in [9.17, 15) is 4.79 Å². The fraction of sp³-hybridized carbons (Fsp3) is 0.188. The van der Waals surface area contributed by atoms with Crippen LogP contribution in [0.15, 0.2) is 48.6 Å². The highest BCUT2D eigenvalue weighted by Crippen LogP contribution is 2.26. The first-order chi connectivity index (χ1) is 9.13. The Hall–Kier alpha value is -2.13. The van der Waals surface area contributed by atoms with Gasteiger partial charge >= 0.3 is 0 Å². The van der Waals surface area contributed by atoms with Gasteiger partial charge < -0.3 is 10.4 Å². The van der Waals surface area contributed by atoms with Crippen LogP contribution in [0.25, 0.3) is 10.8 Å². The summed E-state index contributed by atoms with van der Waals surface area (Å²) in [5.74, 6) is -0.180. The number of rotatable bonds is 4. The number of nitrogens with one attached hydrogen (secondary N) is 1. The highest BCUT2D eigenvalue weighted by atomic mass is 16.2. The molecule has 98 valence electrons. The third-order valence-electron chi connectivity index (χ3n) is 3.03. The average Bonchev–Trinajstić information content (AvgIpc) is 2.40. The van der Waals surface area contributed by atoms with Crippen molar-refractivity contribution in [3.8, 4) is 0 Å². The first-order valence-corrected chi connectivity index (χ1v) is 6.22. The number of hydrogen-bond acceptors (Lipinski definition) is 2. The van der Waals surface area contributed by atoms with E-state index in [2.05, 4.69) is 11.9 Å². The summed E-state index contributed by atoms with van der Waals surface area (Å²) < 4.78 is 0. The Kier molecular flexibility index (Phi) is 3.97. The number of amides is 1. The molecular formula is C16H17NO2. The summed E-state index contributed by atoms with van der Waals surface area (Å²) in [5, 5.41) is 14.0. The number of hydrogen-bond donors (Lipinski definition) is 2. The lowest BCUT2D eigenvalue weighted by Crippen LogP contribution is -2.12. The molecule has 0 saturated carbocycles. The first kappa shape index (κ1) is 13.3. The number of aliphatic hydroxyl groups is 1. The Balaban J connectivity index is 2.48. The number of carbonyl (C=O) groups is 1. The maximum atomic E-state index is 11.7. The molecule has 3 heteroatoms. The second-order valence-corrected chi connectivity index (χ2v) is 4.53. The van der Waals surface area contributed by atoms with E-state index in [0.29, 0.717) is 12.0 Å². The molecule has 2 aromatic rings. The molecular weight excluding hydrogens is 238 g/mol. The van der Waals surface area contributed by atoms with E-state index in [1.807, 2.05) is 36.4 Å². The molecule has 3 nitrogen and oxygen atoms in total. The molecule has 0 bridgehead atoms. The summed E-state index contributed by atoms with van der Waals surface area (Å²) in [7, 11) is 0. The SMILES string of the molecule is C=C(C)C(=O)Nc1cccc2c(CCO)cccc12. The molecule has 0 aliphatic carbocycles. The second-order valence-electron chi connectivity index (χ2n) is 4.53. The average molecular weight is 255 g/mol. The number of benzene rings is 2. The topological polar surface area (TPSA) is 49.3 Å². The maximum absolute atomic E-state index is 11.7. The highest BCUT2D eigenvalue weighted by molar-refractivity contribution is 6.08. The first-order valence-electron chi connectivity index (χ1n) is 6.22. The monoisotopic (exact) mass is 255 g/mol. The normalized spacial score (nSPS) is 10.4. The summed E-state index contributed by atoms with van der Waals surface area (Å²) >= 11 is 0. The van der Waals surface area contributed by atoms with Crippen LogP contribution in [0, 0.1) is 0 Å². The predicted octanol–water partition coefficient (Wildman–Crippen LogP) is 2.89. The lowest BCUT2D eigenvalue weighted by Gasteiger charge is -2.11. The van der Waals surface area contributed by atoms with Gasteiger partial charge in [0.15, 0.2) is 0 Å². The lowest BCUT2D eigenvalue weighted by atomic mass is 10.0. The minimum absolute atomic E-state index is 0.113. The van der Waals surface area contributed by atoms with Gasteiger partial charge in [-0.3, -0.25) is 4.79 Å². The van der Waals surface area contributed by atoms with Crippen molar-refractivity contribution in [3.63, 3.8) is 0 Å². The van der Waals surface area contributed by atoms with Gasteiger partial charge in [0.2, 0.25) is 0 Å². The van der Waals surface area contributed by atoms with Gasteiger partial charge in [0.05, 0.1) is 0 Å². The molecule has 2 N–H and O–H groups in total. The van der Waals surface area contributed by atoms with Crippen LogP contribution in [-0.4, -0.2) is 17.6 Å². The summed E-state index contributed by atoms with van der Waals surface area (Å²) in [6, 6.07) is 11.6. The van der Waals surface area contributed by atoms with Crippen LogP contribution in [0.3, 0.4) is 0 Å².